The molecule has 3 rings (SSSR count). The quantitative estimate of drug-likeness (QED) is 0.222. The average Bonchev–Trinajstić information content (AvgIpc) is 2.74. The highest BCUT2D eigenvalue weighted by atomic mass is 79.9. The van der Waals surface area contributed by atoms with Crippen molar-refractivity contribution in [1.29, 1.82) is 0 Å². The number of halogens is 3. The predicted molar refractivity (Wildman–Crippen MR) is 144 cm³/mol. The summed E-state index contributed by atoms with van der Waals surface area (Å²) in [7, 11) is 0. The first-order chi connectivity index (χ1) is 14.5. The Hall–Kier alpha value is 0.110. The summed E-state index contributed by atoms with van der Waals surface area (Å²) in [4.78, 5) is 3.63. The molecule has 0 saturated heterocycles. The van der Waals surface area contributed by atoms with Gasteiger partial charge < -0.3 is 5.11 Å². The number of aliphatic hydroxyl groups is 1. The molecule has 0 fully saturated rings. The number of aliphatic hydroxyl groups excluding tert-OH is 1. The van der Waals surface area contributed by atoms with Crippen molar-refractivity contribution in [3.8, 4) is 0 Å². The van der Waals surface area contributed by atoms with Crippen LogP contribution in [0.4, 0.5) is 0 Å². The third-order valence-corrected chi connectivity index (χ3v) is 9.87. The third-order valence-electron chi connectivity index (χ3n) is 4.36. The van der Waals surface area contributed by atoms with Crippen LogP contribution in [0.3, 0.4) is 0 Å². The summed E-state index contributed by atoms with van der Waals surface area (Å²) in [6.45, 7) is 0.149. The SMILES string of the molecule is OCC(CSc1cccc(Br)c1)(CSc1cccc(Br)c1)CSc1cccc(Br)c1. The van der Waals surface area contributed by atoms with Crippen molar-refractivity contribution >= 4 is 83.1 Å². The Balaban J connectivity index is 1.75. The number of benzene rings is 3. The van der Waals surface area contributed by atoms with E-state index in [0.717, 1.165) is 30.7 Å². The van der Waals surface area contributed by atoms with Gasteiger partial charge in [0.1, 0.15) is 0 Å². The summed E-state index contributed by atoms with van der Waals surface area (Å²) in [6, 6.07) is 25.1. The number of hydrogen-bond acceptors (Lipinski definition) is 4. The van der Waals surface area contributed by atoms with Gasteiger partial charge in [0.05, 0.1) is 6.61 Å². The van der Waals surface area contributed by atoms with Crippen LogP contribution in [0.15, 0.2) is 101 Å². The Morgan fingerprint density at radius 2 is 0.933 bits per heavy atom. The molecule has 7 heteroatoms. The highest BCUT2D eigenvalue weighted by Gasteiger charge is 2.30. The minimum absolute atomic E-state index is 0.149. The zero-order chi connectivity index (χ0) is 21.4. The van der Waals surface area contributed by atoms with Gasteiger partial charge in [-0.25, -0.2) is 0 Å². The smallest absolute Gasteiger partial charge is 0.0511 e. The van der Waals surface area contributed by atoms with Gasteiger partial charge in [-0.3, -0.25) is 0 Å². The third kappa shape index (κ3) is 7.91. The second-order valence-electron chi connectivity index (χ2n) is 6.90. The van der Waals surface area contributed by atoms with E-state index < -0.39 is 0 Å². The second-order valence-corrected chi connectivity index (χ2v) is 12.8. The van der Waals surface area contributed by atoms with Crippen LogP contribution < -0.4 is 0 Å². The first kappa shape index (κ1) is 24.7. The first-order valence-electron chi connectivity index (χ1n) is 9.24. The Kier molecular flexibility index (Phi) is 10.2. The second kappa shape index (κ2) is 12.4. The summed E-state index contributed by atoms with van der Waals surface area (Å²) in [5, 5.41) is 10.5. The van der Waals surface area contributed by atoms with E-state index in [4.69, 9.17) is 0 Å². The van der Waals surface area contributed by atoms with E-state index in [0.29, 0.717) is 0 Å². The van der Waals surface area contributed by atoms with Gasteiger partial charge in [0.25, 0.3) is 0 Å². The van der Waals surface area contributed by atoms with Crippen molar-refractivity contribution in [3.05, 3.63) is 86.2 Å². The highest BCUT2D eigenvalue weighted by molar-refractivity contribution is 9.11. The minimum atomic E-state index is -0.215. The molecule has 0 radical (unpaired) electrons. The van der Waals surface area contributed by atoms with E-state index >= 15 is 0 Å². The van der Waals surface area contributed by atoms with Gasteiger partial charge in [-0.05, 0) is 54.6 Å². The van der Waals surface area contributed by atoms with Gasteiger partial charge in [0.2, 0.25) is 0 Å². The van der Waals surface area contributed by atoms with E-state index in [1.54, 1.807) is 0 Å². The van der Waals surface area contributed by atoms with Crippen LogP contribution in [-0.4, -0.2) is 29.0 Å². The van der Waals surface area contributed by atoms with Crippen LogP contribution in [0.25, 0.3) is 0 Å². The molecule has 0 amide bonds. The van der Waals surface area contributed by atoms with Gasteiger partial charge in [0.15, 0.2) is 0 Å². The lowest BCUT2D eigenvalue weighted by Crippen LogP contribution is -2.34. The maximum absolute atomic E-state index is 10.5. The number of thioether (sulfide) groups is 3. The highest BCUT2D eigenvalue weighted by Crippen LogP contribution is 2.39. The largest absolute Gasteiger partial charge is 0.396 e. The summed E-state index contributed by atoms with van der Waals surface area (Å²) in [6.07, 6.45) is 0. The lowest BCUT2D eigenvalue weighted by molar-refractivity contribution is 0.188. The first-order valence-corrected chi connectivity index (χ1v) is 14.6. The van der Waals surface area contributed by atoms with E-state index in [1.807, 2.05) is 53.5 Å². The molecule has 0 saturated carbocycles. The molecule has 0 atom stereocenters. The van der Waals surface area contributed by atoms with Gasteiger partial charge in [-0.1, -0.05) is 66.0 Å². The van der Waals surface area contributed by atoms with E-state index in [9.17, 15) is 5.11 Å². The summed E-state index contributed by atoms with van der Waals surface area (Å²) < 4.78 is 3.23. The maximum atomic E-state index is 10.5. The van der Waals surface area contributed by atoms with Gasteiger partial charge in [-0.2, -0.15) is 0 Å². The molecular weight excluding hydrogens is 628 g/mol. The van der Waals surface area contributed by atoms with E-state index in [1.165, 1.54) is 14.7 Å². The molecule has 3 aromatic carbocycles. The maximum Gasteiger partial charge on any atom is 0.0511 e. The van der Waals surface area contributed by atoms with Crippen molar-refractivity contribution in [2.45, 2.75) is 14.7 Å². The van der Waals surface area contributed by atoms with E-state index in [-0.39, 0.29) is 12.0 Å². The Morgan fingerprint density at radius 1 is 0.600 bits per heavy atom. The van der Waals surface area contributed by atoms with E-state index in [2.05, 4.69) is 102 Å². The summed E-state index contributed by atoms with van der Waals surface area (Å²) in [5.41, 5.74) is -0.215. The van der Waals surface area contributed by atoms with Crippen LogP contribution >= 0.6 is 83.1 Å². The van der Waals surface area contributed by atoms with Gasteiger partial charge in [-0.15, -0.1) is 35.3 Å². The van der Waals surface area contributed by atoms with Gasteiger partial charge >= 0.3 is 0 Å². The van der Waals surface area contributed by atoms with Crippen LogP contribution in [0.2, 0.25) is 0 Å². The Morgan fingerprint density at radius 3 is 1.20 bits per heavy atom. The predicted octanol–water partition coefficient (Wildman–Crippen LogP) is 8.63. The van der Waals surface area contributed by atoms with Crippen LogP contribution in [-0.2, 0) is 0 Å². The molecule has 0 bridgehead atoms. The lowest BCUT2D eigenvalue weighted by atomic mass is 9.97. The Bertz CT molecular complexity index is 847. The molecule has 0 heterocycles. The van der Waals surface area contributed by atoms with Crippen molar-refractivity contribution in [1.82, 2.24) is 0 Å². The molecule has 0 spiro atoms. The molecule has 0 aromatic heterocycles. The van der Waals surface area contributed by atoms with Crippen molar-refractivity contribution in [2.75, 3.05) is 23.9 Å². The minimum Gasteiger partial charge on any atom is -0.396 e. The molecule has 0 unspecified atom stereocenters. The van der Waals surface area contributed by atoms with Crippen LogP contribution in [0.5, 0.6) is 0 Å². The molecule has 0 aliphatic heterocycles. The normalized spacial score (nSPS) is 11.6. The zero-order valence-electron chi connectivity index (χ0n) is 16.1. The number of rotatable bonds is 10. The fourth-order valence-corrected chi connectivity index (χ4v) is 8.14. The molecule has 1 N–H and O–H groups in total. The van der Waals surface area contributed by atoms with Crippen LogP contribution in [0, 0.1) is 5.41 Å². The molecular formula is C23H21Br3OS3. The van der Waals surface area contributed by atoms with Crippen molar-refractivity contribution in [2.24, 2.45) is 5.41 Å². The van der Waals surface area contributed by atoms with Crippen molar-refractivity contribution in [3.63, 3.8) is 0 Å². The van der Waals surface area contributed by atoms with Crippen molar-refractivity contribution < 1.29 is 5.11 Å². The number of hydrogen-bond donors (Lipinski definition) is 1. The van der Waals surface area contributed by atoms with Gasteiger partial charge in [0, 0.05) is 50.8 Å². The lowest BCUT2D eigenvalue weighted by Gasteiger charge is -2.31. The molecule has 0 aliphatic carbocycles. The average molecular weight is 649 g/mol. The summed E-state index contributed by atoms with van der Waals surface area (Å²) >= 11 is 16.1. The topological polar surface area (TPSA) is 20.2 Å². The molecule has 3 aromatic rings. The molecule has 158 valence electrons. The molecule has 30 heavy (non-hydrogen) atoms. The standard InChI is InChI=1S/C23H21Br3OS3/c24-17-4-1-7-20(10-17)28-14-23(13-27,15-29-21-8-2-5-18(25)11-21)16-30-22-9-3-6-19(26)12-22/h1-12,27H,13-16H2. The molecule has 0 aliphatic rings. The molecule has 1 nitrogen and oxygen atoms in total. The fraction of sp³-hybridized carbons (Fsp3) is 0.217. The fourth-order valence-electron chi connectivity index (χ4n) is 2.64. The van der Waals surface area contributed by atoms with Crippen LogP contribution in [0.1, 0.15) is 0 Å². The summed E-state index contributed by atoms with van der Waals surface area (Å²) in [5.74, 6) is 2.55. The zero-order valence-corrected chi connectivity index (χ0v) is 23.3. The monoisotopic (exact) mass is 646 g/mol. The Labute approximate surface area is 216 Å².